The summed E-state index contributed by atoms with van der Waals surface area (Å²) >= 11 is 0. The third-order valence-electron chi connectivity index (χ3n) is 3.78. The van der Waals surface area contributed by atoms with Crippen molar-refractivity contribution in [1.29, 1.82) is 0 Å². The highest BCUT2D eigenvalue weighted by Crippen LogP contribution is 2.22. The highest BCUT2D eigenvalue weighted by molar-refractivity contribution is 7.00. The van der Waals surface area contributed by atoms with E-state index < -0.39 is 6.10 Å². The molecule has 0 bridgehead atoms. The Morgan fingerprint density at radius 2 is 1.58 bits per heavy atom. The van der Waals surface area contributed by atoms with E-state index >= 15 is 0 Å². The molecular weight excluding hydrogens is 323 g/mol. The van der Waals surface area contributed by atoms with Crippen LogP contribution in [0.25, 0.3) is 0 Å². The zero-order valence-electron chi connectivity index (χ0n) is 15.6. The number of carbonyl (C=O) groups excluding carboxylic acids is 2. The second-order valence-corrected chi connectivity index (χ2v) is 6.40. The van der Waals surface area contributed by atoms with Gasteiger partial charge in [0.1, 0.15) is 9.12 Å². The number of benzene rings is 1. The number of carbonyl (C=O) groups is 2. The average molecular weight is 352 g/mol. The molecule has 1 atom stereocenters. The van der Waals surface area contributed by atoms with Gasteiger partial charge < -0.3 is 4.74 Å². The molecule has 0 saturated heterocycles. The maximum absolute atomic E-state index is 12.9. The van der Waals surface area contributed by atoms with Gasteiger partial charge in [-0.15, -0.1) is 0 Å². The summed E-state index contributed by atoms with van der Waals surface area (Å²) in [5.41, 5.74) is 3.70. The van der Waals surface area contributed by atoms with Crippen LogP contribution in [0.5, 0.6) is 0 Å². The van der Waals surface area contributed by atoms with Crippen LogP contribution in [0, 0.1) is 26.7 Å². The minimum Gasteiger partial charge on any atom is -0.454 e. The molecule has 0 radical (unpaired) electrons. The van der Waals surface area contributed by atoms with Crippen molar-refractivity contribution in [1.82, 2.24) is 0 Å². The van der Waals surface area contributed by atoms with Crippen LogP contribution in [0.3, 0.4) is 0 Å². The normalized spacial score (nSPS) is 11.5. The summed E-state index contributed by atoms with van der Waals surface area (Å²) in [5.74, 6) is -0.413. The van der Waals surface area contributed by atoms with E-state index in [1.165, 1.54) is 0 Å². The van der Waals surface area contributed by atoms with Gasteiger partial charge in [0.2, 0.25) is 5.78 Å². The van der Waals surface area contributed by atoms with Gasteiger partial charge >= 0.3 is 5.97 Å². The van der Waals surface area contributed by atoms with E-state index in [2.05, 4.69) is 0 Å². The number of Topliss-reactive ketones (excluding diaryl/α,β-unsaturated/α-hetero) is 1. The maximum atomic E-state index is 12.9. The monoisotopic (exact) mass is 352 g/mol. The van der Waals surface area contributed by atoms with Crippen LogP contribution < -0.4 is 0 Å². The predicted molar refractivity (Wildman–Crippen MR) is 98.2 cm³/mol. The number of esters is 1. The molecule has 134 valence electrons. The predicted octanol–water partition coefficient (Wildman–Crippen LogP) is 5.03. The summed E-state index contributed by atoms with van der Waals surface area (Å²) in [6.07, 6.45) is 1.40. The molecule has 0 aliphatic rings. The molecule has 0 aliphatic heterocycles. The van der Waals surface area contributed by atoms with Gasteiger partial charge in [0, 0.05) is 12.0 Å². The fourth-order valence-corrected chi connectivity index (χ4v) is 2.72. The summed E-state index contributed by atoms with van der Waals surface area (Å²) in [6, 6.07) is 3.99. The van der Waals surface area contributed by atoms with Gasteiger partial charge in [-0.3, -0.25) is 14.2 Å². The first-order valence-corrected chi connectivity index (χ1v) is 8.70. The van der Waals surface area contributed by atoms with Crippen molar-refractivity contribution >= 4 is 20.9 Å². The zero-order valence-corrected chi connectivity index (χ0v) is 16.6. The molecule has 4 nitrogen and oxygen atoms in total. The van der Waals surface area contributed by atoms with Gasteiger partial charge in [0.25, 0.3) is 0 Å². The van der Waals surface area contributed by atoms with Crippen molar-refractivity contribution in [3.63, 3.8) is 0 Å². The molecule has 0 aliphatic carbocycles. The number of hydrogen-bond donors (Lipinski definition) is 0. The van der Waals surface area contributed by atoms with E-state index in [0.29, 0.717) is 12.0 Å². The molecule has 0 saturated carbocycles. The molecule has 0 spiro atoms. The molecular formula is C19H29O4P. The minimum absolute atomic E-state index is 0.0434. The van der Waals surface area contributed by atoms with E-state index in [1.807, 2.05) is 53.7 Å². The molecule has 0 aromatic heterocycles. The standard InChI is InChI=1S/C19H28O3.HOP/c1-7-8-9-16(20)22-19(12(2)3)18(21)17-14(5)10-13(4)11-15(17)6;1-2/h10-12,19H,7-9H2,1-6H3;2H. The Morgan fingerprint density at radius 3 is 2.00 bits per heavy atom. The minimum atomic E-state index is -0.704. The molecule has 5 heteroatoms. The summed E-state index contributed by atoms with van der Waals surface area (Å²) < 4.78 is 13.5. The van der Waals surface area contributed by atoms with Crippen LogP contribution in [0.15, 0.2) is 12.1 Å². The number of rotatable bonds is 7. The Morgan fingerprint density at radius 1 is 1.08 bits per heavy atom. The number of ether oxygens (including phenoxy) is 1. The Labute approximate surface area is 147 Å². The van der Waals surface area contributed by atoms with Crippen LogP contribution in [-0.4, -0.2) is 17.9 Å². The largest absolute Gasteiger partial charge is 0.454 e. The highest BCUT2D eigenvalue weighted by atomic mass is 31.0. The Bertz CT molecular complexity index is 543. The average Bonchev–Trinajstić information content (AvgIpc) is 2.51. The molecule has 1 unspecified atom stereocenters. The van der Waals surface area contributed by atoms with Crippen molar-refractivity contribution in [3.05, 3.63) is 34.4 Å². The first-order chi connectivity index (χ1) is 11.3. The van der Waals surface area contributed by atoms with E-state index in [4.69, 9.17) is 9.30 Å². The zero-order chi connectivity index (χ0) is 18.9. The lowest BCUT2D eigenvalue weighted by Crippen LogP contribution is -2.33. The number of aryl methyl sites for hydroxylation is 3. The first-order valence-electron chi connectivity index (χ1n) is 8.29. The Hall–Kier alpha value is -1.54. The summed E-state index contributed by atoms with van der Waals surface area (Å²) in [5, 5.41) is 0. The van der Waals surface area contributed by atoms with Crippen molar-refractivity contribution in [2.45, 2.75) is 66.9 Å². The summed E-state index contributed by atoms with van der Waals surface area (Å²) in [4.78, 5) is 24.8. The van der Waals surface area contributed by atoms with Crippen LogP contribution in [-0.2, 0) is 14.1 Å². The number of unbranched alkanes of at least 4 members (excludes halogenated alkanes) is 1. The van der Waals surface area contributed by atoms with Gasteiger partial charge in [0.15, 0.2) is 6.10 Å². The highest BCUT2D eigenvalue weighted by Gasteiger charge is 2.29. The molecule has 0 fully saturated rings. The SMILES string of the molecule is CCCCC(=O)OC(C(=O)c1c(C)cc(C)cc1C)C(C)C.O=P. The van der Waals surface area contributed by atoms with Gasteiger partial charge in [-0.2, -0.15) is 0 Å². The molecule has 1 aromatic rings. The molecule has 1 rings (SSSR count). The summed E-state index contributed by atoms with van der Waals surface area (Å²) in [7, 11) is 1.72. The van der Waals surface area contributed by atoms with Crippen molar-refractivity contribution in [2.75, 3.05) is 0 Å². The molecule has 0 heterocycles. The van der Waals surface area contributed by atoms with E-state index in [0.717, 1.165) is 29.5 Å². The van der Waals surface area contributed by atoms with Crippen molar-refractivity contribution in [3.8, 4) is 0 Å². The number of ketones is 1. The topological polar surface area (TPSA) is 60.4 Å². The number of hydrogen-bond acceptors (Lipinski definition) is 4. The van der Waals surface area contributed by atoms with Gasteiger partial charge in [0.05, 0.1) is 0 Å². The molecule has 1 aromatic carbocycles. The molecule has 0 N–H and O–H groups in total. The second kappa shape index (κ2) is 11.1. The van der Waals surface area contributed by atoms with Crippen LogP contribution >= 0.6 is 9.12 Å². The fraction of sp³-hybridized carbons (Fsp3) is 0.579. The van der Waals surface area contributed by atoms with E-state index in [9.17, 15) is 9.59 Å². The Kier molecular flexibility index (Phi) is 10.4. The maximum Gasteiger partial charge on any atom is 0.306 e. The third kappa shape index (κ3) is 6.52. The third-order valence-corrected chi connectivity index (χ3v) is 3.78. The van der Waals surface area contributed by atoms with E-state index in [1.54, 1.807) is 9.12 Å². The van der Waals surface area contributed by atoms with Crippen LogP contribution in [0.2, 0.25) is 0 Å². The second-order valence-electron chi connectivity index (χ2n) is 6.40. The smallest absolute Gasteiger partial charge is 0.306 e. The van der Waals surface area contributed by atoms with Gasteiger partial charge in [-0.05, 0) is 44.2 Å². The lowest BCUT2D eigenvalue weighted by molar-refractivity contribution is -0.148. The lowest BCUT2D eigenvalue weighted by atomic mass is 9.90. The molecule has 24 heavy (non-hydrogen) atoms. The quantitative estimate of drug-likeness (QED) is 0.392. The van der Waals surface area contributed by atoms with Gasteiger partial charge in [-0.25, -0.2) is 0 Å². The van der Waals surface area contributed by atoms with E-state index in [-0.39, 0.29) is 17.7 Å². The van der Waals surface area contributed by atoms with Crippen LogP contribution in [0.4, 0.5) is 0 Å². The molecule has 0 amide bonds. The van der Waals surface area contributed by atoms with Crippen molar-refractivity contribution in [2.24, 2.45) is 5.92 Å². The van der Waals surface area contributed by atoms with Gasteiger partial charge in [-0.1, -0.05) is 44.9 Å². The Balaban J connectivity index is 0.00000254. The first kappa shape index (κ1) is 22.5. The lowest BCUT2D eigenvalue weighted by Gasteiger charge is -2.22. The van der Waals surface area contributed by atoms with Crippen molar-refractivity contribution < 1.29 is 18.9 Å². The van der Waals surface area contributed by atoms with Crippen LogP contribution in [0.1, 0.15) is 67.1 Å². The summed E-state index contributed by atoms with van der Waals surface area (Å²) in [6.45, 7) is 11.7. The fourth-order valence-electron chi connectivity index (χ4n) is 2.72.